The first-order valence-electron chi connectivity index (χ1n) is 4.23. The molecule has 1 aliphatic rings. The number of rotatable bonds is 0. The van der Waals surface area contributed by atoms with Crippen molar-refractivity contribution in [2.24, 2.45) is 10.9 Å². The molecule has 0 radical (unpaired) electrons. The van der Waals surface area contributed by atoms with Crippen LogP contribution in [-0.4, -0.2) is 5.84 Å². The molecule has 0 unspecified atom stereocenters. The number of halogens is 2. The van der Waals surface area contributed by atoms with Crippen LogP contribution in [0.3, 0.4) is 0 Å². The molecule has 0 aromatic heterocycles. The van der Waals surface area contributed by atoms with Gasteiger partial charge in [0.25, 0.3) is 0 Å². The monoisotopic (exact) mass is 257 g/mol. The molecule has 1 heterocycles. The Morgan fingerprint density at radius 2 is 2.21 bits per heavy atom. The van der Waals surface area contributed by atoms with Crippen LogP contribution in [0.5, 0.6) is 0 Å². The van der Waals surface area contributed by atoms with Gasteiger partial charge in [0.2, 0.25) is 0 Å². The predicted molar refractivity (Wildman–Crippen MR) is 57.7 cm³/mol. The van der Waals surface area contributed by atoms with Gasteiger partial charge in [0.15, 0.2) is 0 Å². The Labute approximate surface area is 89.3 Å². The summed E-state index contributed by atoms with van der Waals surface area (Å²) in [5.74, 6) is 5.64. The second-order valence-corrected chi connectivity index (χ2v) is 3.94. The first kappa shape index (κ1) is 9.45. The molecule has 2 rings (SSSR count). The van der Waals surface area contributed by atoms with Crippen molar-refractivity contribution < 1.29 is 4.39 Å². The van der Waals surface area contributed by atoms with Crippen LogP contribution in [0.1, 0.15) is 12.0 Å². The van der Waals surface area contributed by atoms with Gasteiger partial charge in [0.1, 0.15) is 11.7 Å². The highest BCUT2D eigenvalue weighted by Gasteiger charge is 2.18. The van der Waals surface area contributed by atoms with Crippen molar-refractivity contribution in [3.05, 3.63) is 28.0 Å². The Bertz CT molecular complexity index is 403. The van der Waals surface area contributed by atoms with Gasteiger partial charge >= 0.3 is 0 Å². The number of amidine groups is 1. The highest BCUT2D eigenvalue weighted by Crippen LogP contribution is 2.29. The Morgan fingerprint density at radius 1 is 1.43 bits per heavy atom. The van der Waals surface area contributed by atoms with Crippen LogP contribution in [0.2, 0.25) is 0 Å². The second-order valence-electron chi connectivity index (χ2n) is 3.09. The number of fused-ring (bicyclic) bond motifs is 1. The fourth-order valence-corrected chi connectivity index (χ4v) is 1.88. The lowest BCUT2D eigenvalue weighted by Gasteiger charge is -2.19. The van der Waals surface area contributed by atoms with Gasteiger partial charge in [-0.15, -0.1) is 0 Å². The topological polar surface area (TPSA) is 50.4 Å². The molecule has 0 saturated heterocycles. The third-order valence-corrected chi connectivity index (χ3v) is 2.86. The molecule has 0 saturated carbocycles. The van der Waals surface area contributed by atoms with Crippen LogP contribution in [-0.2, 0) is 6.42 Å². The van der Waals surface area contributed by atoms with Gasteiger partial charge in [0, 0.05) is 17.7 Å². The third-order valence-electron chi connectivity index (χ3n) is 2.24. The van der Waals surface area contributed by atoms with Crippen LogP contribution in [0.4, 0.5) is 10.1 Å². The van der Waals surface area contributed by atoms with Crippen molar-refractivity contribution in [3.63, 3.8) is 0 Å². The van der Waals surface area contributed by atoms with Crippen molar-refractivity contribution >= 4 is 27.5 Å². The molecule has 0 aliphatic carbocycles. The molecule has 0 bridgehead atoms. The molecule has 5 heteroatoms. The summed E-state index contributed by atoms with van der Waals surface area (Å²) in [7, 11) is 0. The minimum Gasteiger partial charge on any atom is -0.342 e. The van der Waals surface area contributed by atoms with Crippen LogP contribution in [0, 0.1) is 5.82 Å². The van der Waals surface area contributed by atoms with Crippen LogP contribution in [0.15, 0.2) is 21.7 Å². The molecule has 0 spiro atoms. The largest absolute Gasteiger partial charge is 0.342 e. The van der Waals surface area contributed by atoms with Gasteiger partial charge in [-0.05, 0) is 34.5 Å². The minimum absolute atomic E-state index is 0.203. The van der Waals surface area contributed by atoms with Gasteiger partial charge < -0.3 is 11.2 Å². The summed E-state index contributed by atoms with van der Waals surface area (Å²) in [6.45, 7) is 0. The smallest absolute Gasteiger partial charge is 0.142 e. The van der Waals surface area contributed by atoms with Gasteiger partial charge in [-0.3, -0.25) is 0 Å². The molecule has 0 fully saturated rings. The summed E-state index contributed by atoms with van der Waals surface area (Å²) in [4.78, 5) is 0. The van der Waals surface area contributed by atoms with Crippen molar-refractivity contribution in [3.8, 4) is 0 Å². The summed E-state index contributed by atoms with van der Waals surface area (Å²) in [5.41, 5.74) is 1.44. The number of nitrogens with one attached hydrogen (secondary N) is 1. The van der Waals surface area contributed by atoms with Crippen LogP contribution < -0.4 is 11.2 Å². The number of hydrogen-bond donors (Lipinski definition) is 2. The summed E-state index contributed by atoms with van der Waals surface area (Å²) >= 11 is 3.15. The third kappa shape index (κ3) is 1.48. The van der Waals surface area contributed by atoms with E-state index in [1.807, 2.05) is 6.07 Å². The van der Waals surface area contributed by atoms with Gasteiger partial charge in [-0.1, -0.05) is 0 Å². The fourth-order valence-electron chi connectivity index (χ4n) is 1.51. The zero-order valence-electron chi connectivity index (χ0n) is 7.35. The lowest BCUT2D eigenvalue weighted by molar-refractivity contribution is 0.603. The summed E-state index contributed by atoms with van der Waals surface area (Å²) in [6.07, 6.45) is 1.28. The number of benzene rings is 1. The molecule has 0 atom stereocenters. The number of hydrogen-bond acceptors (Lipinski definition) is 2. The lowest BCUT2D eigenvalue weighted by atomic mass is 10.0. The molecule has 3 N–H and O–H groups in total. The molecule has 0 amide bonds. The van der Waals surface area contributed by atoms with E-state index >= 15 is 0 Å². The molecule has 1 aromatic carbocycles. The van der Waals surface area contributed by atoms with Crippen LogP contribution >= 0.6 is 15.9 Å². The zero-order chi connectivity index (χ0) is 10.1. The van der Waals surface area contributed by atoms with E-state index in [1.54, 1.807) is 6.07 Å². The number of hydrazone groups is 1. The van der Waals surface area contributed by atoms with E-state index in [2.05, 4.69) is 26.3 Å². The van der Waals surface area contributed by atoms with E-state index in [1.165, 1.54) is 0 Å². The maximum absolute atomic E-state index is 13.6. The average Bonchev–Trinajstić information content (AvgIpc) is 2.23. The predicted octanol–water partition coefficient (Wildman–Crippen LogP) is 2.22. The maximum Gasteiger partial charge on any atom is 0.142 e. The number of anilines is 1. The van der Waals surface area contributed by atoms with Gasteiger partial charge in [-0.2, -0.15) is 5.10 Å². The quantitative estimate of drug-likeness (QED) is 0.553. The van der Waals surface area contributed by atoms with E-state index in [0.29, 0.717) is 28.7 Å². The highest BCUT2D eigenvalue weighted by molar-refractivity contribution is 9.10. The van der Waals surface area contributed by atoms with E-state index in [9.17, 15) is 4.39 Å². The van der Waals surface area contributed by atoms with Crippen molar-refractivity contribution in [1.82, 2.24) is 0 Å². The molecule has 74 valence electrons. The Morgan fingerprint density at radius 3 is 2.93 bits per heavy atom. The highest BCUT2D eigenvalue weighted by atomic mass is 79.9. The summed E-state index contributed by atoms with van der Waals surface area (Å²) in [6, 6.07) is 3.48. The number of nitrogens with two attached hydrogens (primary N) is 1. The standard InChI is InChI=1S/C9H9BrFN3/c10-6-2-3-7-5(9(6)11)1-4-8(13-7)14-12/h2-3H,1,4,12H2,(H,13,14). The normalized spacial score (nSPS) is 17.7. The van der Waals surface area contributed by atoms with Gasteiger partial charge in [-0.25, -0.2) is 4.39 Å². The SMILES string of the molecule is N/N=C1/CCc2c(ccc(Br)c2F)N1. The molecule has 1 aromatic rings. The Kier molecular flexibility index (Phi) is 2.41. The molecular formula is C9H9BrFN3. The molecule has 3 nitrogen and oxygen atoms in total. The minimum atomic E-state index is -0.203. The maximum atomic E-state index is 13.6. The van der Waals surface area contributed by atoms with Crippen molar-refractivity contribution in [1.29, 1.82) is 0 Å². The summed E-state index contributed by atoms with van der Waals surface area (Å²) in [5, 5.41) is 6.55. The number of nitrogens with zero attached hydrogens (tertiary/aromatic N) is 1. The first-order chi connectivity index (χ1) is 6.72. The fraction of sp³-hybridized carbons (Fsp3) is 0.222. The Balaban J connectivity index is 2.46. The van der Waals surface area contributed by atoms with E-state index in [4.69, 9.17) is 5.84 Å². The molecule has 14 heavy (non-hydrogen) atoms. The van der Waals surface area contributed by atoms with E-state index in [0.717, 1.165) is 5.69 Å². The average molecular weight is 258 g/mol. The zero-order valence-corrected chi connectivity index (χ0v) is 8.94. The van der Waals surface area contributed by atoms with Crippen LogP contribution in [0.25, 0.3) is 0 Å². The molecular weight excluding hydrogens is 249 g/mol. The first-order valence-corrected chi connectivity index (χ1v) is 5.02. The molecule has 1 aliphatic heterocycles. The van der Waals surface area contributed by atoms with Crippen molar-refractivity contribution in [2.45, 2.75) is 12.8 Å². The second kappa shape index (κ2) is 3.57. The van der Waals surface area contributed by atoms with Gasteiger partial charge in [0.05, 0.1) is 4.47 Å². The van der Waals surface area contributed by atoms with E-state index < -0.39 is 0 Å². The lowest BCUT2D eigenvalue weighted by Crippen LogP contribution is -2.21. The van der Waals surface area contributed by atoms with E-state index in [-0.39, 0.29) is 5.82 Å². The van der Waals surface area contributed by atoms with Crippen molar-refractivity contribution in [2.75, 3.05) is 5.32 Å². The summed E-state index contributed by atoms with van der Waals surface area (Å²) < 4.78 is 14.0. The Hall–Kier alpha value is -1.10.